The van der Waals surface area contributed by atoms with Crippen LogP contribution in [0.4, 0.5) is 11.4 Å². The van der Waals surface area contributed by atoms with E-state index >= 15 is 0 Å². The van der Waals surface area contributed by atoms with Gasteiger partial charge in [-0.3, -0.25) is 4.98 Å². The first kappa shape index (κ1) is 15.7. The van der Waals surface area contributed by atoms with Gasteiger partial charge in [0.15, 0.2) is 0 Å². The fourth-order valence-corrected chi connectivity index (χ4v) is 4.44. The fraction of sp³-hybridized carbons (Fsp3) is 0.389. The summed E-state index contributed by atoms with van der Waals surface area (Å²) in [6.45, 7) is 2.03. The van der Waals surface area contributed by atoms with Crippen LogP contribution in [-0.2, 0) is 0 Å². The normalized spacial score (nSPS) is 26.8. The van der Waals surface area contributed by atoms with Gasteiger partial charge in [-0.05, 0) is 43.6 Å². The lowest BCUT2D eigenvalue weighted by atomic mass is 10.1. The second-order valence-electron chi connectivity index (χ2n) is 6.42. The van der Waals surface area contributed by atoms with E-state index in [1.165, 1.54) is 10.6 Å². The highest BCUT2D eigenvalue weighted by Gasteiger charge is 2.27. The average molecular weight is 341 g/mol. The van der Waals surface area contributed by atoms with Crippen molar-refractivity contribution in [1.29, 1.82) is 0 Å². The number of nitrogens with two attached hydrogens (primary N) is 2. The Balaban J connectivity index is 1.68. The lowest BCUT2D eigenvalue weighted by Gasteiger charge is -2.31. The SMILES string of the molecule is NC1C=C2C(=CC=CN2c2cnccc2N2CCC[C@H](N)CC2)S1. The number of allylic oxidation sites excluding steroid dienone is 2. The maximum absolute atomic E-state index is 6.15. The number of aromatic nitrogens is 1. The zero-order valence-electron chi connectivity index (χ0n) is 13.6. The molecule has 4 N–H and O–H groups in total. The molecule has 3 aliphatic rings. The van der Waals surface area contributed by atoms with E-state index in [1.54, 1.807) is 11.8 Å². The summed E-state index contributed by atoms with van der Waals surface area (Å²) in [5.41, 5.74) is 15.7. The van der Waals surface area contributed by atoms with Crippen molar-refractivity contribution in [3.05, 3.63) is 53.5 Å². The zero-order valence-corrected chi connectivity index (χ0v) is 14.5. The van der Waals surface area contributed by atoms with Crippen LogP contribution in [0.3, 0.4) is 0 Å². The van der Waals surface area contributed by atoms with Crippen LogP contribution in [0, 0.1) is 0 Å². The van der Waals surface area contributed by atoms with Crippen LogP contribution in [0.25, 0.3) is 0 Å². The number of thioether (sulfide) groups is 1. The van der Waals surface area contributed by atoms with Gasteiger partial charge >= 0.3 is 0 Å². The van der Waals surface area contributed by atoms with Crippen molar-refractivity contribution in [2.75, 3.05) is 22.9 Å². The quantitative estimate of drug-likeness (QED) is 0.861. The van der Waals surface area contributed by atoms with Crippen LogP contribution >= 0.6 is 11.8 Å². The maximum Gasteiger partial charge on any atom is 0.0876 e. The van der Waals surface area contributed by atoms with Gasteiger partial charge in [-0.25, -0.2) is 0 Å². The van der Waals surface area contributed by atoms with Crippen LogP contribution in [0.1, 0.15) is 19.3 Å². The molecular formula is C18H23N5S. The number of hydrogen-bond acceptors (Lipinski definition) is 6. The first-order valence-corrected chi connectivity index (χ1v) is 9.37. The Bertz CT molecular complexity index is 711. The van der Waals surface area contributed by atoms with Gasteiger partial charge in [-0.1, -0.05) is 0 Å². The van der Waals surface area contributed by atoms with Crippen LogP contribution in [-0.4, -0.2) is 29.5 Å². The molecule has 24 heavy (non-hydrogen) atoms. The molecule has 1 unspecified atom stereocenters. The van der Waals surface area contributed by atoms with E-state index < -0.39 is 0 Å². The third kappa shape index (κ3) is 2.97. The number of nitrogens with zero attached hydrogens (tertiary/aromatic N) is 3. The molecule has 0 radical (unpaired) electrons. The van der Waals surface area contributed by atoms with E-state index in [2.05, 4.69) is 45.3 Å². The molecule has 1 saturated heterocycles. The van der Waals surface area contributed by atoms with Gasteiger partial charge in [0.2, 0.25) is 0 Å². The van der Waals surface area contributed by atoms with Gasteiger partial charge in [0, 0.05) is 36.4 Å². The first-order valence-electron chi connectivity index (χ1n) is 8.49. The Hall–Kier alpha value is -1.76. The summed E-state index contributed by atoms with van der Waals surface area (Å²) < 4.78 is 0. The molecule has 0 bridgehead atoms. The van der Waals surface area contributed by atoms with Crippen molar-refractivity contribution in [2.45, 2.75) is 30.7 Å². The largest absolute Gasteiger partial charge is 0.370 e. The summed E-state index contributed by atoms with van der Waals surface area (Å²) in [7, 11) is 0. The van der Waals surface area contributed by atoms with Crippen molar-refractivity contribution in [2.24, 2.45) is 11.5 Å². The number of rotatable bonds is 2. The Morgan fingerprint density at radius 3 is 3.00 bits per heavy atom. The van der Waals surface area contributed by atoms with Crippen molar-refractivity contribution in [1.82, 2.24) is 4.98 Å². The first-order chi connectivity index (χ1) is 11.7. The minimum Gasteiger partial charge on any atom is -0.370 e. The molecule has 0 amide bonds. The van der Waals surface area contributed by atoms with E-state index in [1.807, 2.05) is 12.4 Å². The average Bonchev–Trinajstić information content (AvgIpc) is 2.84. The van der Waals surface area contributed by atoms with Crippen LogP contribution in [0.5, 0.6) is 0 Å². The predicted molar refractivity (Wildman–Crippen MR) is 102 cm³/mol. The lowest BCUT2D eigenvalue weighted by Crippen LogP contribution is -2.28. The molecule has 0 aliphatic carbocycles. The minimum absolute atomic E-state index is 0.0185. The third-order valence-corrected chi connectivity index (χ3v) is 5.74. The molecule has 0 saturated carbocycles. The molecule has 126 valence electrons. The smallest absolute Gasteiger partial charge is 0.0876 e. The summed E-state index contributed by atoms with van der Waals surface area (Å²) in [5.74, 6) is 0. The maximum atomic E-state index is 6.15. The molecule has 1 aromatic rings. The van der Waals surface area contributed by atoms with Gasteiger partial charge < -0.3 is 21.3 Å². The van der Waals surface area contributed by atoms with E-state index in [4.69, 9.17) is 11.5 Å². The minimum atomic E-state index is 0.0185. The molecular weight excluding hydrogens is 318 g/mol. The summed E-state index contributed by atoms with van der Waals surface area (Å²) in [6, 6.07) is 2.43. The number of anilines is 2. The third-order valence-electron chi connectivity index (χ3n) is 4.73. The topological polar surface area (TPSA) is 71.4 Å². The summed E-state index contributed by atoms with van der Waals surface area (Å²) in [6.07, 6.45) is 15.5. The molecule has 2 atom stereocenters. The van der Waals surface area contributed by atoms with Gasteiger partial charge in [-0.15, -0.1) is 11.8 Å². The lowest BCUT2D eigenvalue weighted by molar-refractivity contribution is 0.601. The second kappa shape index (κ2) is 6.63. The van der Waals surface area contributed by atoms with Crippen LogP contribution in [0.2, 0.25) is 0 Å². The molecule has 3 aliphatic heterocycles. The van der Waals surface area contributed by atoms with E-state index in [0.29, 0.717) is 6.04 Å². The predicted octanol–water partition coefficient (Wildman–Crippen LogP) is 2.53. The Morgan fingerprint density at radius 2 is 2.08 bits per heavy atom. The highest BCUT2D eigenvalue weighted by atomic mass is 32.2. The summed E-state index contributed by atoms with van der Waals surface area (Å²) in [5, 5.41) is 0.0185. The highest BCUT2D eigenvalue weighted by Crippen LogP contribution is 2.43. The molecule has 5 nitrogen and oxygen atoms in total. The van der Waals surface area contributed by atoms with Crippen molar-refractivity contribution < 1.29 is 0 Å². The Labute approximate surface area is 147 Å². The standard InChI is InChI=1S/C18H23N5S/c19-13-3-1-8-22(10-6-13)14-5-7-21-12-16(14)23-9-2-4-17-15(23)11-18(20)24-17/h2,4-5,7,9,11-13,18H,1,3,6,8,10,19-20H2/t13-,18?/m0/s1. The molecule has 1 aromatic heterocycles. The van der Waals surface area contributed by atoms with Crippen molar-refractivity contribution in [3.8, 4) is 0 Å². The summed E-state index contributed by atoms with van der Waals surface area (Å²) >= 11 is 1.70. The van der Waals surface area contributed by atoms with E-state index in [-0.39, 0.29) is 5.37 Å². The number of pyridine rings is 1. The van der Waals surface area contributed by atoms with Crippen molar-refractivity contribution >= 4 is 23.1 Å². The summed E-state index contributed by atoms with van der Waals surface area (Å²) in [4.78, 5) is 10.2. The van der Waals surface area contributed by atoms with Gasteiger partial charge in [-0.2, -0.15) is 0 Å². The molecule has 0 spiro atoms. The van der Waals surface area contributed by atoms with Gasteiger partial charge in [0.1, 0.15) is 0 Å². The number of hydrogen-bond donors (Lipinski definition) is 2. The van der Waals surface area contributed by atoms with E-state index in [9.17, 15) is 0 Å². The molecule has 6 heteroatoms. The Kier molecular flexibility index (Phi) is 4.35. The zero-order chi connectivity index (χ0) is 16.5. The molecule has 4 heterocycles. The Morgan fingerprint density at radius 1 is 1.17 bits per heavy atom. The molecule has 4 rings (SSSR count). The fourth-order valence-electron chi connectivity index (χ4n) is 3.50. The molecule has 0 aromatic carbocycles. The van der Waals surface area contributed by atoms with Gasteiger partial charge in [0.05, 0.1) is 28.6 Å². The number of fused-ring (bicyclic) bond motifs is 1. The molecule has 1 fully saturated rings. The second-order valence-corrected chi connectivity index (χ2v) is 7.64. The van der Waals surface area contributed by atoms with Crippen molar-refractivity contribution in [3.63, 3.8) is 0 Å². The van der Waals surface area contributed by atoms with E-state index in [0.717, 1.165) is 43.7 Å². The monoisotopic (exact) mass is 341 g/mol. The van der Waals surface area contributed by atoms with Crippen LogP contribution < -0.4 is 21.3 Å². The highest BCUT2D eigenvalue weighted by molar-refractivity contribution is 8.04. The van der Waals surface area contributed by atoms with Crippen LogP contribution in [0.15, 0.2) is 53.5 Å². The van der Waals surface area contributed by atoms with Gasteiger partial charge in [0.25, 0.3) is 0 Å².